The number of hydrogen-bond acceptors (Lipinski definition) is 11. The minimum Gasteiger partial charge on any atom is -0.463 e. The third-order valence-electron chi connectivity index (χ3n) is 9.01. The number of aliphatic hydroxyl groups excluding tert-OH is 1. The van der Waals surface area contributed by atoms with Gasteiger partial charge in [-0.3, -0.25) is 33.5 Å². The van der Waals surface area contributed by atoms with Gasteiger partial charge in [-0.2, -0.15) is 0 Å². The number of rotatable bonds is 13. The topological polar surface area (TPSA) is 238 Å². The fourth-order valence-corrected chi connectivity index (χ4v) is 7.01. The summed E-state index contributed by atoms with van der Waals surface area (Å²) in [4.78, 5) is 84.0. The van der Waals surface area contributed by atoms with E-state index in [0.717, 1.165) is 5.56 Å². The van der Waals surface area contributed by atoms with Gasteiger partial charge < -0.3 is 30.1 Å². The first-order chi connectivity index (χ1) is 24.5. The Labute approximate surface area is 304 Å². The number of hydrogen-bond donors (Lipinski definition) is 4. The van der Waals surface area contributed by atoms with E-state index in [4.69, 9.17) is 15.0 Å². The molecule has 17 nitrogen and oxygen atoms in total. The summed E-state index contributed by atoms with van der Waals surface area (Å²) in [6, 6.07) is 6.27. The van der Waals surface area contributed by atoms with E-state index >= 15 is 0 Å². The predicted molar refractivity (Wildman–Crippen MR) is 191 cm³/mol. The van der Waals surface area contributed by atoms with Crippen molar-refractivity contribution in [3.63, 3.8) is 0 Å². The van der Waals surface area contributed by atoms with Gasteiger partial charge in [0.25, 0.3) is 11.5 Å². The van der Waals surface area contributed by atoms with Crippen molar-refractivity contribution in [3.8, 4) is 0 Å². The van der Waals surface area contributed by atoms with Crippen LogP contribution in [0.5, 0.6) is 0 Å². The minimum atomic E-state index is -1.70. The molecule has 0 spiro atoms. The number of azide groups is 1. The Morgan fingerprint density at radius 1 is 1.17 bits per heavy atom. The third-order valence-corrected chi connectivity index (χ3v) is 10.0. The van der Waals surface area contributed by atoms with Crippen LogP contribution in [0.25, 0.3) is 10.4 Å². The van der Waals surface area contributed by atoms with Gasteiger partial charge in [0, 0.05) is 40.3 Å². The van der Waals surface area contributed by atoms with Crippen molar-refractivity contribution in [3.05, 3.63) is 78.9 Å². The Bertz CT molecular complexity index is 1790. The second-order valence-electron chi connectivity index (χ2n) is 14.1. The maximum Gasteiger partial charge on any atom is 0.330 e. The molecule has 1 aromatic heterocycles. The first-order valence-electron chi connectivity index (χ1n) is 16.9. The summed E-state index contributed by atoms with van der Waals surface area (Å²) in [5, 5.41) is 20.8. The maximum atomic E-state index is 13.7. The van der Waals surface area contributed by atoms with E-state index in [9.17, 15) is 33.9 Å². The number of carbonyl (C=O) groups is 4. The first kappa shape index (κ1) is 40.1. The van der Waals surface area contributed by atoms with E-state index in [0.29, 0.717) is 5.75 Å². The Balaban J connectivity index is 1.42. The zero-order chi connectivity index (χ0) is 38.3. The number of thioether (sulfide) groups is 1. The quantitative estimate of drug-likeness (QED) is 0.0999. The zero-order valence-corrected chi connectivity index (χ0v) is 30.8. The molecule has 1 aromatic carbocycles. The number of ether oxygens (including phenoxy) is 2. The van der Waals surface area contributed by atoms with Gasteiger partial charge in [-0.05, 0) is 45.2 Å². The number of esters is 1. The van der Waals surface area contributed by atoms with Gasteiger partial charge in [0.05, 0.1) is 23.9 Å². The third kappa shape index (κ3) is 10.0. The average molecular weight is 743 g/mol. The lowest BCUT2D eigenvalue weighted by molar-refractivity contribution is -0.157. The van der Waals surface area contributed by atoms with Gasteiger partial charge in [0.1, 0.15) is 25.0 Å². The Kier molecular flexibility index (Phi) is 13.3. The van der Waals surface area contributed by atoms with Gasteiger partial charge in [0.15, 0.2) is 6.10 Å². The lowest BCUT2D eigenvalue weighted by atomic mass is 9.93. The fraction of sp³-hybridized carbons (Fsp3) is 0.588. The molecule has 2 fully saturated rings. The Morgan fingerprint density at radius 3 is 2.52 bits per heavy atom. The highest BCUT2D eigenvalue weighted by Crippen LogP contribution is 2.31. The Morgan fingerprint density at radius 2 is 1.87 bits per heavy atom. The number of carbonyl (C=O) groups excluding carboxylic acids is 4. The van der Waals surface area contributed by atoms with Crippen molar-refractivity contribution >= 4 is 35.5 Å². The molecule has 2 unspecified atom stereocenters. The lowest BCUT2D eigenvalue weighted by Crippen LogP contribution is -2.58. The van der Waals surface area contributed by atoms with Crippen LogP contribution in [0.4, 0.5) is 0 Å². The van der Waals surface area contributed by atoms with Gasteiger partial charge in [-0.25, -0.2) is 4.79 Å². The largest absolute Gasteiger partial charge is 0.463 e. The smallest absolute Gasteiger partial charge is 0.330 e. The highest BCUT2D eigenvalue weighted by atomic mass is 32.2. The SMILES string of the molecule is Cc1cn([C@@H]2C[C@@H](N=[N+]=[N-])[C@H](COC(=O)C(C)C(C)C(=O)N[C@@H](Cc3ccccc3)[C@H](O)C(=O)N3CSC[C@H]3C(=O)NC(C)(C)C)O2)c(=O)[nH]c1=O. The second-order valence-corrected chi connectivity index (χ2v) is 15.1. The van der Waals surface area contributed by atoms with Gasteiger partial charge >= 0.3 is 11.7 Å². The number of aromatic nitrogens is 2. The van der Waals surface area contributed by atoms with Crippen molar-refractivity contribution in [2.75, 3.05) is 18.2 Å². The summed E-state index contributed by atoms with van der Waals surface area (Å²) >= 11 is 1.38. The normalized spacial score (nSPS) is 22.4. The first-order valence-corrected chi connectivity index (χ1v) is 18.1. The molecule has 4 rings (SSSR count). The molecule has 2 aliphatic rings. The molecule has 282 valence electrons. The van der Waals surface area contributed by atoms with Crippen molar-refractivity contribution in [1.82, 2.24) is 25.1 Å². The van der Waals surface area contributed by atoms with Crippen molar-refractivity contribution < 1.29 is 33.8 Å². The molecule has 0 saturated carbocycles. The van der Waals surface area contributed by atoms with Crippen molar-refractivity contribution in [2.24, 2.45) is 17.0 Å². The molecular weight excluding hydrogens is 696 g/mol. The van der Waals surface area contributed by atoms with Crippen LogP contribution < -0.4 is 21.9 Å². The highest BCUT2D eigenvalue weighted by Gasteiger charge is 2.42. The summed E-state index contributed by atoms with van der Waals surface area (Å²) in [5.74, 6) is -3.85. The van der Waals surface area contributed by atoms with E-state index in [2.05, 4.69) is 25.6 Å². The molecule has 3 amide bonds. The number of nitrogens with zero attached hydrogens (tertiary/aromatic N) is 5. The van der Waals surface area contributed by atoms with Gasteiger partial charge in [-0.15, -0.1) is 11.8 Å². The molecule has 4 N–H and O–H groups in total. The molecule has 0 aliphatic carbocycles. The van der Waals surface area contributed by atoms with Crippen LogP contribution in [0, 0.1) is 18.8 Å². The highest BCUT2D eigenvalue weighted by molar-refractivity contribution is 7.99. The van der Waals surface area contributed by atoms with E-state index < -0.39 is 83.0 Å². The van der Waals surface area contributed by atoms with E-state index in [1.807, 2.05) is 26.8 Å². The predicted octanol–water partition coefficient (Wildman–Crippen LogP) is 1.53. The number of aryl methyl sites for hydroxylation is 1. The van der Waals surface area contributed by atoms with Crippen molar-refractivity contribution in [1.29, 1.82) is 0 Å². The monoisotopic (exact) mass is 742 g/mol. The summed E-state index contributed by atoms with van der Waals surface area (Å²) in [5.41, 5.74) is 8.31. The zero-order valence-electron chi connectivity index (χ0n) is 30.0. The second kappa shape index (κ2) is 17.3. The van der Waals surface area contributed by atoms with Crippen LogP contribution in [0.3, 0.4) is 0 Å². The number of nitrogens with one attached hydrogen (secondary N) is 3. The molecule has 2 aliphatic heterocycles. The van der Waals surface area contributed by atoms with E-state index in [1.54, 1.807) is 24.3 Å². The molecular formula is C34H46N8O9S. The molecule has 52 heavy (non-hydrogen) atoms. The van der Waals surface area contributed by atoms with E-state index in [1.165, 1.54) is 48.2 Å². The number of amides is 3. The van der Waals surface area contributed by atoms with Crippen LogP contribution in [0.2, 0.25) is 0 Å². The summed E-state index contributed by atoms with van der Waals surface area (Å²) in [6.45, 7) is 9.66. The maximum absolute atomic E-state index is 13.7. The van der Waals surface area contributed by atoms with Crippen molar-refractivity contribution in [2.45, 2.75) is 96.5 Å². The molecule has 3 heterocycles. The van der Waals surface area contributed by atoms with Crippen LogP contribution in [0.1, 0.15) is 58.4 Å². The lowest BCUT2D eigenvalue weighted by Gasteiger charge is -2.32. The molecule has 0 radical (unpaired) electrons. The van der Waals surface area contributed by atoms with Crippen LogP contribution in [0.15, 0.2) is 51.2 Å². The summed E-state index contributed by atoms with van der Waals surface area (Å²) in [6.07, 6.45) is -2.03. The average Bonchev–Trinajstić information content (AvgIpc) is 3.75. The number of benzene rings is 1. The molecule has 2 aromatic rings. The standard InChI is InChI=1S/C34H46N8O9S/c1-18-14-41(33(49)37-28(18)44)26-13-22(39-40-35)25(51-26)15-50-32(48)20(3)19(2)29(45)36-23(12-21-10-8-7-9-11-21)27(43)31(47)42-17-52-16-24(42)30(46)38-34(4,5)6/h7-11,14,19-20,22-27,43H,12-13,15-17H2,1-6H3,(H,36,45)(H,38,46)(H,37,44,49)/t19?,20?,22-,23+,24+,25+,26+,27+/m1/s1. The fourth-order valence-electron chi connectivity index (χ4n) is 5.85. The molecule has 18 heteroatoms. The van der Waals surface area contributed by atoms with Gasteiger partial charge in [0.2, 0.25) is 11.8 Å². The number of H-pyrrole nitrogens is 1. The Hall–Kier alpha value is -4.64. The van der Waals surface area contributed by atoms with E-state index in [-0.39, 0.29) is 36.8 Å². The summed E-state index contributed by atoms with van der Waals surface area (Å²) in [7, 11) is 0. The van der Waals surface area contributed by atoms with Crippen LogP contribution >= 0.6 is 11.8 Å². The number of aliphatic hydroxyl groups is 1. The van der Waals surface area contributed by atoms with Crippen LogP contribution in [-0.4, -0.2) is 97.4 Å². The van der Waals surface area contributed by atoms with Gasteiger partial charge in [-0.1, -0.05) is 49.3 Å². The minimum absolute atomic E-state index is 0.0774. The summed E-state index contributed by atoms with van der Waals surface area (Å²) < 4.78 is 12.6. The molecule has 2 saturated heterocycles. The molecule has 0 bridgehead atoms. The van der Waals surface area contributed by atoms with Crippen LogP contribution in [-0.2, 0) is 35.1 Å². The molecule has 8 atom stereocenters. The number of aromatic amines is 1.